The van der Waals surface area contributed by atoms with Gasteiger partial charge in [0.2, 0.25) is 10.0 Å². The third-order valence-corrected chi connectivity index (χ3v) is 9.26. The molecule has 242 valence electrons. The number of sulfonamides is 1. The molecule has 13 heteroatoms. The highest BCUT2D eigenvalue weighted by molar-refractivity contribution is 7.88. The molecule has 0 spiro atoms. The standard InChI is InChI=1S/C33H37FN6O5S/c1-22(2)30-27(35-21-39(30)13-5-12-38-14-16-40(17-15-38)46(3,44)45)20-29-33(43)36-28(32(42)37-29)19-23-6-4-7-25(18-23)31(41)24-8-10-26(34)11-9-24/h4,6-11,18-22H,5,12-17H2,1-3H3,(H,36,43)(H,37,42)/b28-19-,29-20-. The van der Waals surface area contributed by atoms with Crippen molar-refractivity contribution in [3.8, 4) is 0 Å². The number of nitrogens with zero attached hydrogens (tertiary/aromatic N) is 4. The third kappa shape index (κ3) is 7.84. The van der Waals surface area contributed by atoms with Crippen molar-refractivity contribution in [3.05, 3.63) is 120 Å². The van der Waals surface area contributed by atoms with Gasteiger partial charge in [-0.15, -0.1) is 0 Å². The maximum Gasteiger partial charge on any atom is 0.272 e. The van der Waals surface area contributed by atoms with Gasteiger partial charge in [-0.1, -0.05) is 32.0 Å². The molecule has 0 amide bonds. The second-order valence-electron chi connectivity index (χ2n) is 11.7. The van der Waals surface area contributed by atoms with Crippen molar-refractivity contribution in [2.45, 2.75) is 32.7 Å². The minimum absolute atomic E-state index is 0.0283. The Balaban J connectivity index is 1.33. The van der Waals surface area contributed by atoms with Crippen molar-refractivity contribution < 1.29 is 17.6 Å². The molecule has 0 unspecified atom stereocenters. The average molecular weight is 649 g/mol. The Morgan fingerprint density at radius 1 is 0.935 bits per heavy atom. The minimum atomic E-state index is -3.17. The number of aromatic nitrogens is 4. The number of piperazine rings is 1. The fourth-order valence-corrected chi connectivity index (χ4v) is 6.44. The number of benzene rings is 2. The zero-order valence-corrected chi connectivity index (χ0v) is 26.8. The minimum Gasteiger partial charge on any atom is -0.334 e. The highest BCUT2D eigenvalue weighted by atomic mass is 32.2. The lowest BCUT2D eigenvalue weighted by atomic mass is 10.0. The van der Waals surface area contributed by atoms with Gasteiger partial charge in [-0.2, -0.15) is 4.31 Å². The van der Waals surface area contributed by atoms with E-state index in [0.29, 0.717) is 55.1 Å². The van der Waals surface area contributed by atoms with Gasteiger partial charge in [-0.05, 0) is 66.9 Å². The molecule has 2 aromatic carbocycles. The molecule has 2 N–H and O–H groups in total. The molecule has 3 heterocycles. The third-order valence-electron chi connectivity index (χ3n) is 7.96. The molecule has 1 aliphatic heterocycles. The fraction of sp³-hybridized carbons (Fsp3) is 0.333. The van der Waals surface area contributed by atoms with Crippen LogP contribution in [-0.4, -0.2) is 81.9 Å². The summed E-state index contributed by atoms with van der Waals surface area (Å²) in [6.45, 7) is 7.96. The molecule has 1 fully saturated rings. The fourth-order valence-electron chi connectivity index (χ4n) is 5.61. The van der Waals surface area contributed by atoms with Crippen LogP contribution in [0.3, 0.4) is 0 Å². The van der Waals surface area contributed by atoms with Gasteiger partial charge in [0.1, 0.15) is 16.5 Å². The summed E-state index contributed by atoms with van der Waals surface area (Å²) in [5.41, 5.74) is 1.73. The van der Waals surface area contributed by atoms with Crippen molar-refractivity contribution in [1.29, 1.82) is 0 Å². The number of carbonyl (C=O) groups excluding carboxylic acids is 1. The van der Waals surface area contributed by atoms with Crippen LogP contribution in [0.15, 0.2) is 64.4 Å². The molecular formula is C33H37FN6O5S. The molecule has 5 rings (SSSR count). The Hall–Kier alpha value is -4.46. The van der Waals surface area contributed by atoms with Crippen molar-refractivity contribution >= 4 is 28.0 Å². The molecular weight excluding hydrogens is 611 g/mol. The van der Waals surface area contributed by atoms with E-state index in [1.807, 2.05) is 13.8 Å². The lowest BCUT2D eigenvalue weighted by molar-refractivity contribution is 0.103. The van der Waals surface area contributed by atoms with E-state index in [2.05, 4.69) is 24.4 Å². The first kappa shape index (κ1) is 32.9. The number of aryl methyl sites for hydroxylation is 1. The second kappa shape index (κ2) is 13.9. The second-order valence-corrected chi connectivity index (χ2v) is 13.7. The SMILES string of the molecule is CC(C)c1c(/C=c2\[nH]c(=O)/c(=C/c3cccc(C(=O)c4ccc(F)cc4)c3)[nH]c2=O)ncn1CCCN1CCN(S(C)(=O)=O)CC1. The van der Waals surface area contributed by atoms with Gasteiger partial charge < -0.3 is 19.4 Å². The zero-order chi connectivity index (χ0) is 33.0. The molecule has 0 radical (unpaired) electrons. The molecule has 2 aromatic heterocycles. The molecule has 0 saturated carbocycles. The number of halogens is 1. The van der Waals surface area contributed by atoms with Crippen LogP contribution in [0.25, 0.3) is 12.2 Å². The molecule has 0 bridgehead atoms. The van der Waals surface area contributed by atoms with Gasteiger partial charge in [-0.3, -0.25) is 14.4 Å². The number of aromatic amines is 2. The van der Waals surface area contributed by atoms with Gasteiger partial charge >= 0.3 is 0 Å². The Kier molecular flexibility index (Phi) is 9.94. The molecule has 0 atom stereocenters. The maximum absolute atomic E-state index is 13.3. The van der Waals surface area contributed by atoms with Crippen molar-refractivity contribution in [1.82, 2.24) is 28.7 Å². The summed E-state index contributed by atoms with van der Waals surface area (Å²) in [5.74, 6) is -0.641. The van der Waals surface area contributed by atoms with Gasteiger partial charge in [0.05, 0.1) is 18.3 Å². The van der Waals surface area contributed by atoms with Crippen molar-refractivity contribution in [2.24, 2.45) is 0 Å². The van der Waals surface area contributed by atoms with E-state index in [0.717, 1.165) is 18.7 Å². The maximum atomic E-state index is 13.3. The first-order valence-electron chi connectivity index (χ1n) is 15.1. The number of H-pyrrole nitrogens is 2. The lowest BCUT2D eigenvalue weighted by Gasteiger charge is -2.33. The Morgan fingerprint density at radius 3 is 2.22 bits per heavy atom. The predicted molar refractivity (Wildman–Crippen MR) is 174 cm³/mol. The largest absolute Gasteiger partial charge is 0.334 e. The van der Waals surface area contributed by atoms with Crippen LogP contribution in [0.4, 0.5) is 4.39 Å². The number of rotatable bonds is 10. The monoisotopic (exact) mass is 648 g/mol. The van der Waals surface area contributed by atoms with Crippen LogP contribution in [0.5, 0.6) is 0 Å². The summed E-state index contributed by atoms with van der Waals surface area (Å²) in [7, 11) is -3.17. The quantitative estimate of drug-likeness (QED) is 0.248. The number of carbonyl (C=O) groups is 1. The van der Waals surface area contributed by atoms with E-state index in [1.165, 1.54) is 40.9 Å². The van der Waals surface area contributed by atoms with Crippen molar-refractivity contribution in [3.63, 3.8) is 0 Å². The Labute approximate surface area is 265 Å². The van der Waals surface area contributed by atoms with E-state index >= 15 is 0 Å². The number of nitrogens with one attached hydrogen (secondary N) is 2. The van der Waals surface area contributed by atoms with E-state index in [1.54, 1.807) is 36.7 Å². The number of ketones is 1. The summed E-state index contributed by atoms with van der Waals surface area (Å²) in [6, 6.07) is 11.9. The summed E-state index contributed by atoms with van der Waals surface area (Å²) >= 11 is 0. The van der Waals surface area contributed by atoms with Gasteiger partial charge in [0.25, 0.3) is 11.1 Å². The van der Waals surface area contributed by atoms with Crippen LogP contribution in [0.2, 0.25) is 0 Å². The summed E-state index contributed by atoms with van der Waals surface area (Å²) in [5, 5.41) is 0.0961. The van der Waals surface area contributed by atoms with Crippen molar-refractivity contribution in [2.75, 3.05) is 39.0 Å². The van der Waals surface area contributed by atoms with Crippen LogP contribution < -0.4 is 21.8 Å². The highest BCUT2D eigenvalue weighted by Crippen LogP contribution is 2.20. The summed E-state index contributed by atoms with van der Waals surface area (Å²) in [4.78, 5) is 51.0. The molecule has 46 heavy (non-hydrogen) atoms. The molecule has 11 nitrogen and oxygen atoms in total. The van der Waals surface area contributed by atoms with E-state index < -0.39 is 27.0 Å². The molecule has 1 saturated heterocycles. The first-order chi connectivity index (χ1) is 21.9. The van der Waals surface area contributed by atoms with Crippen LogP contribution in [0.1, 0.15) is 59.1 Å². The van der Waals surface area contributed by atoms with E-state index in [-0.39, 0.29) is 22.4 Å². The summed E-state index contributed by atoms with van der Waals surface area (Å²) < 4.78 is 40.4. The first-order valence-corrected chi connectivity index (χ1v) is 16.9. The van der Waals surface area contributed by atoms with E-state index in [4.69, 9.17) is 0 Å². The van der Waals surface area contributed by atoms with Crippen LogP contribution in [-0.2, 0) is 16.6 Å². The molecule has 4 aromatic rings. The highest BCUT2D eigenvalue weighted by Gasteiger charge is 2.23. The van der Waals surface area contributed by atoms with Gasteiger partial charge in [-0.25, -0.2) is 17.8 Å². The molecule has 1 aliphatic rings. The van der Waals surface area contributed by atoms with Crippen LogP contribution >= 0.6 is 0 Å². The van der Waals surface area contributed by atoms with Gasteiger partial charge in [0.15, 0.2) is 5.78 Å². The number of hydrogen-bond acceptors (Lipinski definition) is 7. The average Bonchev–Trinajstić information content (AvgIpc) is 3.42. The predicted octanol–water partition coefficient (Wildman–Crippen LogP) is 1.38. The normalized spacial score (nSPS) is 15.6. The molecule has 0 aliphatic carbocycles. The summed E-state index contributed by atoms with van der Waals surface area (Å²) in [6.07, 6.45) is 6.87. The number of hydrogen-bond donors (Lipinski definition) is 2. The smallest absolute Gasteiger partial charge is 0.272 e. The lowest BCUT2D eigenvalue weighted by Crippen LogP contribution is -2.48. The van der Waals surface area contributed by atoms with Gasteiger partial charge in [0, 0.05) is 49.5 Å². The Morgan fingerprint density at radius 2 is 1.59 bits per heavy atom. The number of imidazole rings is 1. The zero-order valence-electron chi connectivity index (χ0n) is 26.0. The van der Waals surface area contributed by atoms with Crippen LogP contribution in [0, 0.1) is 5.82 Å². The topological polar surface area (TPSA) is 141 Å². The Bertz CT molecular complexity index is 2080. The van der Waals surface area contributed by atoms with E-state index in [9.17, 15) is 27.2 Å².